The average Bonchev–Trinajstić information content (AvgIpc) is 2.62. The van der Waals surface area contributed by atoms with E-state index in [1.165, 1.54) is 0 Å². The maximum atomic E-state index is 12.0. The third-order valence-electron chi connectivity index (χ3n) is 3.83. The molecule has 1 aliphatic rings. The highest BCUT2D eigenvalue weighted by atomic mass is 35.5. The second kappa shape index (κ2) is 9.20. The number of piperazine rings is 1. The van der Waals surface area contributed by atoms with Gasteiger partial charge in [-0.05, 0) is 30.7 Å². The molecule has 1 fully saturated rings. The Hall–Kier alpha value is -2.18. The molecule has 0 spiro atoms. The summed E-state index contributed by atoms with van der Waals surface area (Å²) >= 11 is 0. The van der Waals surface area contributed by atoms with Gasteiger partial charge in [-0.3, -0.25) is 9.78 Å². The molecular formula is C17H22ClN5O. The normalized spacial score (nSPS) is 13.9. The van der Waals surface area contributed by atoms with Gasteiger partial charge in [-0.1, -0.05) is 6.07 Å². The van der Waals surface area contributed by atoms with Crippen LogP contribution in [0.25, 0.3) is 0 Å². The second-order valence-corrected chi connectivity index (χ2v) is 5.51. The lowest BCUT2D eigenvalue weighted by Gasteiger charge is -2.29. The van der Waals surface area contributed by atoms with E-state index in [-0.39, 0.29) is 18.3 Å². The van der Waals surface area contributed by atoms with Crippen LogP contribution in [-0.4, -0.2) is 42.1 Å². The van der Waals surface area contributed by atoms with Crippen LogP contribution in [0.15, 0.2) is 42.7 Å². The van der Waals surface area contributed by atoms with Gasteiger partial charge in [0, 0.05) is 44.5 Å². The summed E-state index contributed by atoms with van der Waals surface area (Å²) in [7, 11) is 0. The number of carbonyl (C=O) groups is 1. The van der Waals surface area contributed by atoms with Gasteiger partial charge in [0.15, 0.2) is 0 Å². The van der Waals surface area contributed by atoms with Gasteiger partial charge >= 0.3 is 0 Å². The first-order valence-electron chi connectivity index (χ1n) is 7.93. The number of nitrogens with zero attached hydrogens (tertiary/aromatic N) is 3. The molecule has 0 aliphatic carbocycles. The zero-order chi connectivity index (χ0) is 15.9. The van der Waals surface area contributed by atoms with Crippen molar-refractivity contribution in [2.75, 3.05) is 36.4 Å². The summed E-state index contributed by atoms with van der Waals surface area (Å²) in [6, 6.07) is 9.58. The summed E-state index contributed by atoms with van der Waals surface area (Å²) in [5.74, 6) is 0.549. The molecule has 1 amide bonds. The second-order valence-electron chi connectivity index (χ2n) is 5.51. The molecule has 2 aromatic rings. The number of aromatic nitrogens is 2. The van der Waals surface area contributed by atoms with Gasteiger partial charge in [-0.25, -0.2) is 4.98 Å². The van der Waals surface area contributed by atoms with Crippen molar-refractivity contribution in [1.29, 1.82) is 0 Å². The Morgan fingerprint density at radius 1 is 1.17 bits per heavy atom. The molecule has 0 bridgehead atoms. The Morgan fingerprint density at radius 2 is 2.00 bits per heavy atom. The molecule has 2 N–H and O–H groups in total. The van der Waals surface area contributed by atoms with Crippen LogP contribution in [0.3, 0.4) is 0 Å². The topological polar surface area (TPSA) is 70.2 Å². The molecule has 1 aliphatic heterocycles. The van der Waals surface area contributed by atoms with E-state index in [0.29, 0.717) is 18.7 Å². The summed E-state index contributed by atoms with van der Waals surface area (Å²) < 4.78 is 0. The van der Waals surface area contributed by atoms with E-state index in [1.54, 1.807) is 6.20 Å². The lowest BCUT2D eigenvalue weighted by molar-refractivity contribution is -0.116. The molecular weight excluding hydrogens is 326 g/mol. The first-order chi connectivity index (χ1) is 11.3. The Morgan fingerprint density at radius 3 is 2.67 bits per heavy atom. The van der Waals surface area contributed by atoms with Gasteiger partial charge in [-0.2, -0.15) is 0 Å². The Bertz CT molecular complexity index is 629. The molecule has 7 heteroatoms. The molecule has 1 saturated heterocycles. The average molecular weight is 348 g/mol. The molecule has 0 aromatic carbocycles. The van der Waals surface area contributed by atoms with Crippen LogP contribution in [0.5, 0.6) is 0 Å². The van der Waals surface area contributed by atoms with Gasteiger partial charge < -0.3 is 15.5 Å². The Labute approximate surface area is 148 Å². The van der Waals surface area contributed by atoms with E-state index < -0.39 is 0 Å². The molecule has 3 rings (SSSR count). The zero-order valence-corrected chi connectivity index (χ0v) is 14.3. The minimum absolute atomic E-state index is 0. The van der Waals surface area contributed by atoms with Gasteiger partial charge in [0.1, 0.15) is 5.82 Å². The summed E-state index contributed by atoms with van der Waals surface area (Å²) in [5.41, 5.74) is 2.02. The fourth-order valence-corrected chi connectivity index (χ4v) is 2.56. The molecule has 6 nitrogen and oxygen atoms in total. The number of nitrogens with one attached hydrogen (secondary N) is 2. The van der Waals surface area contributed by atoms with Crippen LogP contribution in [-0.2, 0) is 11.2 Å². The van der Waals surface area contributed by atoms with Crippen molar-refractivity contribution in [2.24, 2.45) is 0 Å². The van der Waals surface area contributed by atoms with Crippen molar-refractivity contribution >= 4 is 29.8 Å². The Kier molecular flexibility index (Phi) is 6.96. The first-order valence-corrected chi connectivity index (χ1v) is 7.93. The van der Waals surface area contributed by atoms with Crippen LogP contribution in [0.1, 0.15) is 12.1 Å². The van der Waals surface area contributed by atoms with Crippen molar-refractivity contribution in [2.45, 2.75) is 12.8 Å². The molecule has 3 heterocycles. The highest BCUT2D eigenvalue weighted by molar-refractivity contribution is 5.89. The number of pyridine rings is 2. The Balaban J connectivity index is 0.00000208. The fraction of sp³-hybridized carbons (Fsp3) is 0.353. The molecule has 0 saturated carbocycles. The van der Waals surface area contributed by atoms with Gasteiger partial charge in [0.25, 0.3) is 0 Å². The minimum Gasteiger partial charge on any atom is -0.368 e. The smallest absolute Gasteiger partial charge is 0.225 e. The van der Waals surface area contributed by atoms with E-state index in [4.69, 9.17) is 0 Å². The standard InChI is InChI=1S/C17H21N5O.ClH/c23-17(7-4-14-3-1-2-8-19-14)21-16-6-5-15(13-20-16)22-11-9-18-10-12-22;/h1-3,5-6,8,13,18H,4,7,9-12H2,(H,20,21,23);1H. The SMILES string of the molecule is Cl.O=C(CCc1ccccn1)Nc1ccc(N2CCNCC2)cn1. The summed E-state index contributed by atoms with van der Waals surface area (Å²) in [6.45, 7) is 3.95. The van der Waals surface area contributed by atoms with Crippen LogP contribution >= 0.6 is 12.4 Å². The van der Waals surface area contributed by atoms with Crippen molar-refractivity contribution in [1.82, 2.24) is 15.3 Å². The van der Waals surface area contributed by atoms with Crippen LogP contribution in [0.2, 0.25) is 0 Å². The number of amides is 1. The maximum absolute atomic E-state index is 12.0. The number of aryl methyl sites for hydroxylation is 1. The van der Waals surface area contributed by atoms with Gasteiger partial charge in [0.05, 0.1) is 11.9 Å². The number of carbonyl (C=O) groups excluding carboxylic acids is 1. The van der Waals surface area contributed by atoms with Crippen molar-refractivity contribution in [3.8, 4) is 0 Å². The van der Waals surface area contributed by atoms with E-state index in [1.807, 2.05) is 36.5 Å². The predicted molar refractivity (Wildman–Crippen MR) is 97.8 cm³/mol. The van der Waals surface area contributed by atoms with E-state index in [0.717, 1.165) is 37.6 Å². The molecule has 0 radical (unpaired) electrons. The molecule has 0 atom stereocenters. The summed E-state index contributed by atoms with van der Waals surface area (Å²) in [4.78, 5) is 22.8. The van der Waals surface area contributed by atoms with Crippen molar-refractivity contribution in [3.63, 3.8) is 0 Å². The van der Waals surface area contributed by atoms with E-state index in [2.05, 4.69) is 25.5 Å². The number of hydrogen-bond acceptors (Lipinski definition) is 5. The third kappa shape index (κ3) is 5.18. The highest BCUT2D eigenvalue weighted by Gasteiger charge is 2.11. The quantitative estimate of drug-likeness (QED) is 0.864. The zero-order valence-electron chi connectivity index (χ0n) is 13.4. The summed E-state index contributed by atoms with van der Waals surface area (Å²) in [5, 5.41) is 6.16. The highest BCUT2D eigenvalue weighted by Crippen LogP contribution is 2.15. The first kappa shape index (κ1) is 18.2. The third-order valence-corrected chi connectivity index (χ3v) is 3.83. The molecule has 24 heavy (non-hydrogen) atoms. The number of halogens is 1. The van der Waals surface area contributed by atoms with Crippen molar-refractivity contribution < 1.29 is 4.79 Å². The van der Waals surface area contributed by atoms with Crippen molar-refractivity contribution in [3.05, 3.63) is 48.4 Å². The monoisotopic (exact) mass is 347 g/mol. The molecule has 128 valence electrons. The predicted octanol–water partition coefficient (Wildman–Crippen LogP) is 1.88. The van der Waals surface area contributed by atoms with Gasteiger partial charge in [0.2, 0.25) is 5.91 Å². The number of rotatable bonds is 5. The number of anilines is 2. The minimum atomic E-state index is -0.0434. The summed E-state index contributed by atoms with van der Waals surface area (Å²) in [6.07, 6.45) is 4.59. The largest absolute Gasteiger partial charge is 0.368 e. The lowest BCUT2D eigenvalue weighted by atomic mass is 10.2. The molecule has 2 aromatic heterocycles. The van der Waals surface area contributed by atoms with Gasteiger partial charge in [-0.15, -0.1) is 12.4 Å². The van der Waals surface area contributed by atoms with Crippen LogP contribution in [0, 0.1) is 0 Å². The fourth-order valence-electron chi connectivity index (χ4n) is 2.56. The van der Waals surface area contributed by atoms with E-state index in [9.17, 15) is 4.79 Å². The number of hydrogen-bond donors (Lipinski definition) is 2. The lowest BCUT2D eigenvalue weighted by Crippen LogP contribution is -2.43. The maximum Gasteiger partial charge on any atom is 0.225 e. The van der Waals surface area contributed by atoms with Crippen LogP contribution < -0.4 is 15.5 Å². The van der Waals surface area contributed by atoms with E-state index >= 15 is 0 Å². The van der Waals surface area contributed by atoms with Crippen LogP contribution in [0.4, 0.5) is 11.5 Å². The molecule has 0 unspecified atom stereocenters.